The summed E-state index contributed by atoms with van der Waals surface area (Å²) in [5.41, 5.74) is -2.15. The summed E-state index contributed by atoms with van der Waals surface area (Å²) in [6.07, 6.45) is 7.94. The Morgan fingerprint density at radius 1 is 1.19 bits per heavy atom. The monoisotopic (exact) mass is 530 g/mol. The lowest BCUT2D eigenvalue weighted by Gasteiger charge is -2.43. The summed E-state index contributed by atoms with van der Waals surface area (Å²) < 4.78 is 59.8. The van der Waals surface area contributed by atoms with Crippen LogP contribution in [0.3, 0.4) is 0 Å². The van der Waals surface area contributed by atoms with Crippen LogP contribution in [-0.4, -0.2) is 38.0 Å². The Kier molecular flexibility index (Phi) is 6.44. The zero-order valence-electron chi connectivity index (χ0n) is 21.0. The maximum absolute atomic E-state index is 15.6. The molecule has 1 aromatic carbocycles. The molecular formula is C27H30F3N4O2P. The van der Waals surface area contributed by atoms with Crippen LogP contribution in [0.15, 0.2) is 42.6 Å². The summed E-state index contributed by atoms with van der Waals surface area (Å²) >= 11 is 0. The molecule has 1 saturated carbocycles. The number of nitrogens with one attached hydrogen (secondary N) is 1. The highest BCUT2D eigenvalue weighted by atomic mass is 31.2. The summed E-state index contributed by atoms with van der Waals surface area (Å²) in [4.78, 5) is 13.3. The number of allylic oxidation sites excluding steroid dienone is 2. The van der Waals surface area contributed by atoms with Gasteiger partial charge in [-0.05, 0) is 51.7 Å². The van der Waals surface area contributed by atoms with Crippen molar-refractivity contribution in [2.75, 3.05) is 17.6 Å². The molecule has 0 saturated heterocycles. The van der Waals surface area contributed by atoms with Crippen LogP contribution in [0.2, 0.25) is 0 Å². The van der Waals surface area contributed by atoms with E-state index in [4.69, 9.17) is 0 Å². The Balaban J connectivity index is 1.50. The van der Waals surface area contributed by atoms with E-state index < -0.39 is 42.0 Å². The molecule has 6 nitrogen and oxygen atoms in total. The number of halogens is 3. The van der Waals surface area contributed by atoms with Crippen LogP contribution in [0.4, 0.5) is 19.0 Å². The van der Waals surface area contributed by atoms with Crippen LogP contribution in [-0.2, 0) is 10.5 Å². The highest BCUT2D eigenvalue weighted by Gasteiger charge is 2.57. The van der Waals surface area contributed by atoms with Crippen LogP contribution >= 0.6 is 7.14 Å². The number of aliphatic hydroxyl groups is 1. The van der Waals surface area contributed by atoms with E-state index >= 15 is 13.2 Å². The fraction of sp³-hybridized carbons (Fsp3) is 0.444. The number of rotatable bonds is 7. The number of aryl methyl sites for hydroxylation is 1. The number of nitrogens with zero attached hydrogens (tertiary/aromatic N) is 3. The second-order valence-electron chi connectivity index (χ2n) is 10.3. The van der Waals surface area contributed by atoms with E-state index in [9.17, 15) is 9.67 Å². The Bertz CT molecular complexity index is 1430. The first kappa shape index (κ1) is 25.9. The minimum absolute atomic E-state index is 0.0214. The number of benzene rings is 1. The van der Waals surface area contributed by atoms with Crippen molar-refractivity contribution in [1.82, 2.24) is 15.0 Å². The van der Waals surface area contributed by atoms with E-state index in [2.05, 4.69) is 20.3 Å². The Morgan fingerprint density at radius 3 is 2.54 bits per heavy atom. The topological polar surface area (TPSA) is 88.0 Å². The van der Waals surface area contributed by atoms with Crippen LogP contribution in [0, 0.1) is 18.7 Å². The fourth-order valence-corrected chi connectivity index (χ4v) is 7.27. The largest absolute Gasteiger partial charge is 0.383 e. The van der Waals surface area contributed by atoms with Crippen molar-refractivity contribution in [3.63, 3.8) is 0 Å². The second kappa shape index (κ2) is 9.21. The quantitative estimate of drug-likeness (QED) is 0.295. The molecule has 2 N–H and O–H groups in total. The van der Waals surface area contributed by atoms with E-state index in [1.807, 2.05) is 12.2 Å². The molecular weight excluding hydrogens is 500 g/mol. The molecule has 196 valence electrons. The summed E-state index contributed by atoms with van der Waals surface area (Å²) in [6, 6.07) is 4.81. The summed E-state index contributed by atoms with van der Waals surface area (Å²) in [7, 11) is -2.68. The van der Waals surface area contributed by atoms with Crippen molar-refractivity contribution in [2.45, 2.75) is 57.6 Å². The van der Waals surface area contributed by atoms with Gasteiger partial charge in [0.05, 0.1) is 23.3 Å². The molecule has 1 aliphatic carbocycles. The van der Waals surface area contributed by atoms with Gasteiger partial charge in [0.15, 0.2) is 0 Å². The van der Waals surface area contributed by atoms with Crippen molar-refractivity contribution in [1.29, 1.82) is 0 Å². The highest BCUT2D eigenvalue weighted by Crippen LogP contribution is 2.50. The minimum atomic E-state index is -3.77. The number of pyridine rings is 1. The summed E-state index contributed by atoms with van der Waals surface area (Å²) in [5.74, 6) is -4.59. The third-order valence-electron chi connectivity index (χ3n) is 7.79. The lowest BCUT2D eigenvalue weighted by atomic mass is 9.69. The average molecular weight is 531 g/mol. The molecule has 2 aromatic heterocycles. The van der Waals surface area contributed by atoms with Gasteiger partial charge >= 0.3 is 5.92 Å². The first-order valence-electron chi connectivity index (χ1n) is 12.5. The van der Waals surface area contributed by atoms with Crippen molar-refractivity contribution in [3.05, 3.63) is 65.4 Å². The maximum Gasteiger partial charge on any atom is 0.304 e. The van der Waals surface area contributed by atoms with Crippen molar-refractivity contribution >= 4 is 29.3 Å². The Hall–Kier alpha value is -2.77. The van der Waals surface area contributed by atoms with E-state index in [0.29, 0.717) is 53.1 Å². The van der Waals surface area contributed by atoms with E-state index in [-0.39, 0.29) is 5.56 Å². The molecule has 0 radical (unpaired) electrons. The van der Waals surface area contributed by atoms with Gasteiger partial charge in [0.1, 0.15) is 35.6 Å². The normalized spacial score (nSPS) is 20.0. The molecule has 1 aliphatic heterocycles. The predicted molar refractivity (Wildman–Crippen MR) is 138 cm³/mol. The Morgan fingerprint density at radius 2 is 1.89 bits per heavy atom. The first-order chi connectivity index (χ1) is 17.4. The van der Waals surface area contributed by atoms with E-state index in [0.717, 1.165) is 19.4 Å². The maximum atomic E-state index is 15.6. The van der Waals surface area contributed by atoms with Gasteiger partial charge in [-0.2, -0.15) is 8.78 Å². The minimum Gasteiger partial charge on any atom is -0.383 e. The Labute approximate surface area is 213 Å². The lowest BCUT2D eigenvalue weighted by molar-refractivity contribution is -0.218. The fourth-order valence-electron chi connectivity index (χ4n) is 5.13. The van der Waals surface area contributed by atoms with Crippen LogP contribution in [0.1, 0.15) is 56.1 Å². The summed E-state index contributed by atoms with van der Waals surface area (Å²) in [6.45, 7) is 4.45. The highest BCUT2D eigenvalue weighted by molar-refractivity contribution is 7.72. The zero-order valence-corrected chi connectivity index (χ0v) is 21.9. The van der Waals surface area contributed by atoms with Gasteiger partial charge in [-0.3, -0.25) is 4.98 Å². The van der Waals surface area contributed by atoms with E-state index in [1.54, 1.807) is 26.1 Å². The molecule has 0 unspecified atom stereocenters. The first-order valence-corrected chi connectivity index (χ1v) is 14.6. The summed E-state index contributed by atoms with van der Waals surface area (Å²) in [5, 5.41) is 14.4. The third-order valence-corrected chi connectivity index (χ3v) is 10.5. The number of aromatic nitrogens is 3. The predicted octanol–water partition coefficient (Wildman–Crippen LogP) is 5.85. The third kappa shape index (κ3) is 4.36. The van der Waals surface area contributed by atoms with Crippen molar-refractivity contribution < 1.29 is 22.8 Å². The molecule has 2 aliphatic rings. The zero-order chi connectivity index (χ0) is 26.6. The van der Waals surface area contributed by atoms with Gasteiger partial charge in [0.2, 0.25) is 0 Å². The molecule has 0 amide bonds. The van der Waals surface area contributed by atoms with Gasteiger partial charge in [0, 0.05) is 23.3 Å². The van der Waals surface area contributed by atoms with Gasteiger partial charge < -0.3 is 15.0 Å². The lowest BCUT2D eigenvalue weighted by Crippen LogP contribution is -2.52. The molecule has 5 rings (SSSR count). The molecule has 3 heterocycles. The molecule has 37 heavy (non-hydrogen) atoms. The molecule has 0 bridgehead atoms. The van der Waals surface area contributed by atoms with E-state index in [1.165, 1.54) is 12.1 Å². The second-order valence-corrected chi connectivity index (χ2v) is 13.3. The SMILES string of the molecule is Cc1nc(N[C@H](C)c2cccc(C(F)(F)[C@@](C)(O)C3CCC3)c2F)c2cc(P3(=O)CC=CC3)ncc2n1. The molecule has 3 aromatic rings. The number of hydrogen-bond acceptors (Lipinski definition) is 6. The van der Waals surface area contributed by atoms with Crippen molar-refractivity contribution in [3.8, 4) is 0 Å². The van der Waals surface area contributed by atoms with Crippen LogP contribution < -0.4 is 10.8 Å². The van der Waals surface area contributed by atoms with Crippen LogP contribution in [0.5, 0.6) is 0 Å². The van der Waals surface area contributed by atoms with Gasteiger partial charge in [-0.25, -0.2) is 14.4 Å². The number of hydrogen-bond donors (Lipinski definition) is 2. The molecule has 2 atom stereocenters. The molecule has 1 fully saturated rings. The number of alkyl halides is 2. The molecule has 0 spiro atoms. The number of fused-ring (bicyclic) bond motifs is 1. The van der Waals surface area contributed by atoms with Gasteiger partial charge in [-0.1, -0.05) is 30.7 Å². The molecule has 10 heteroatoms. The van der Waals surface area contributed by atoms with Crippen molar-refractivity contribution in [2.24, 2.45) is 5.92 Å². The van der Waals surface area contributed by atoms with Gasteiger partial charge in [0.25, 0.3) is 0 Å². The van der Waals surface area contributed by atoms with Gasteiger partial charge in [-0.15, -0.1) is 0 Å². The smallest absolute Gasteiger partial charge is 0.304 e. The average Bonchev–Trinajstić information content (AvgIpc) is 3.24. The van der Waals surface area contributed by atoms with Crippen LogP contribution in [0.25, 0.3) is 10.9 Å². The standard InChI is InChI=1S/C27H30F3N4O2P/c1-16(19-10-7-11-21(24(19)28)27(29,30)26(3,35)18-8-6-9-18)32-25-20-14-23(37(36)12-4-5-13-37)31-15-22(20)33-17(2)34-25/h4-5,7,10-11,14-16,18,35H,6,8-9,12-13H2,1-3H3,(H,32,33,34)/t16-,26+/m1/s1. The number of anilines is 1.